The van der Waals surface area contributed by atoms with Crippen LogP contribution in [-0.4, -0.2) is 31.5 Å². The molecule has 4 nitrogen and oxygen atoms in total. The molecule has 0 bridgehead atoms. The molecule has 0 aliphatic heterocycles. The molecule has 0 saturated heterocycles. The molecule has 114 valence electrons. The van der Waals surface area contributed by atoms with E-state index < -0.39 is 0 Å². The molecule has 0 amide bonds. The monoisotopic (exact) mass is 329 g/mol. The van der Waals surface area contributed by atoms with Gasteiger partial charge < -0.3 is 19.6 Å². The van der Waals surface area contributed by atoms with Crippen LogP contribution in [0.1, 0.15) is 5.76 Å². The summed E-state index contributed by atoms with van der Waals surface area (Å²) >= 11 is 11.9. The van der Waals surface area contributed by atoms with Crippen molar-refractivity contribution in [1.82, 2.24) is 5.32 Å². The molecular weight excluding hydrogens is 313 g/mol. The molecule has 0 atom stereocenters. The summed E-state index contributed by atoms with van der Waals surface area (Å²) in [5, 5.41) is 12.8. The van der Waals surface area contributed by atoms with Gasteiger partial charge in [-0.1, -0.05) is 23.2 Å². The van der Waals surface area contributed by atoms with Crippen molar-refractivity contribution in [1.29, 1.82) is 0 Å². The summed E-state index contributed by atoms with van der Waals surface area (Å²) in [6, 6.07) is 9.21. The van der Waals surface area contributed by atoms with Crippen molar-refractivity contribution >= 4 is 23.2 Å². The van der Waals surface area contributed by atoms with Crippen LogP contribution in [0.4, 0.5) is 0 Å². The number of aliphatic hydroxyl groups is 1. The van der Waals surface area contributed by atoms with E-state index in [9.17, 15) is 0 Å². The standard InChI is InChI=1S/C15H17Cl2NO3/c16-13-3-1-11(9-14(13)17)15-4-2-12(21-15)10-18-5-7-20-8-6-19/h1-4,9,18-19H,5-8,10H2. The smallest absolute Gasteiger partial charge is 0.134 e. The van der Waals surface area contributed by atoms with Crippen LogP contribution in [0.15, 0.2) is 34.7 Å². The quantitative estimate of drug-likeness (QED) is 0.729. The Labute approximate surface area is 133 Å². The SMILES string of the molecule is OCCOCCNCc1ccc(-c2ccc(Cl)c(Cl)c2)o1. The molecule has 1 aromatic heterocycles. The normalized spacial score (nSPS) is 11.0. The van der Waals surface area contributed by atoms with Crippen LogP contribution in [-0.2, 0) is 11.3 Å². The fourth-order valence-corrected chi connectivity index (χ4v) is 2.10. The van der Waals surface area contributed by atoms with Crippen molar-refractivity contribution in [2.75, 3.05) is 26.4 Å². The van der Waals surface area contributed by atoms with Gasteiger partial charge in [0.05, 0.1) is 36.4 Å². The number of hydrogen-bond acceptors (Lipinski definition) is 4. The highest BCUT2D eigenvalue weighted by molar-refractivity contribution is 6.42. The third-order valence-electron chi connectivity index (χ3n) is 2.82. The molecule has 2 N–H and O–H groups in total. The van der Waals surface area contributed by atoms with Crippen molar-refractivity contribution in [3.05, 3.63) is 46.1 Å². The molecule has 0 spiro atoms. The van der Waals surface area contributed by atoms with E-state index in [1.807, 2.05) is 18.2 Å². The van der Waals surface area contributed by atoms with Gasteiger partial charge in [-0.05, 0) is 30.3 Å². The summed E-state index contributed by atoms with van der Waals surface area (Å²) < 4.78 is 10.9. The van der Waals surface area contributed by atoms with Gasteiger partial charge in [0.2, 0.25) is 0 Å². The highest BCUT2D eigenvalue weighted by atomic mass is 35.5. The van der Waals surface area contributed by atoms with Crippen molar-refractivity contribution in [2.24, 2.45) is 0 Å². The van der Waals surface area contributed by atoms with Gasteiger partial charge in [0.25, 0.3) is 0 Å². The zero-order valence-electron chi connectivity index (χ0n) is 11.4. The Hall–Kier alpha value is -1.04. The lowest BCUT2D eigenvalue weighted by atomic mass is 10.2. The van der Waals surface area contributed by atoms with Gasteiger partial charge in [-0.3, -0.25) is 0 Å². The molecular formula is C15H17Cl2NO3. The number of benzene rings is 1. The predicted molar refractivity (Wildman–Crippen MR) is 83.8 cm³/mol. The van der Waals surface area contributed by atoms with Crippen LogP contribution >= 0.6 is 23.2 Å². The number of ether oxygens (including phenoxy) is 1. The maximum Gasteiger partial charge on any atom is 0.134 e. The highest BCUT2D eigenvalue weighted by Gasteiger charge is 2.07. The third-order valence-corrected chi connectivity index (χ3v) is 3.56. The Morgan fingerprint density at radius 3 is 2.71 bits per heavy atom. The first-order valence-electron chi connectivity index (χ1n) is 6.64. The largest absolute Gasteiger partial charge is 0.460 e. The van der Waals surface area contributed by atoms with Gasteiger partial charge in [-0.25, -0.2) is 0 Å². The zero-order valence-corrected chi connectivity index (χ0v) is 13.0. The van der Waals surface area contributed by atoms with Crippen LogP contribution in [0, 0.1) is 0 Å². The highest BCUT2D eigenvalue weighted by Crippen LogP contribution is 2.29. The van der Waals surface area contributed by atoms with Gasteiger partial charge in [-0.2, -0.15) is 0 Å². The van der Waals surface area contributed by atoms with E-state index in [2.05, 4.69) is 5.32 Å². The second kappa shape index (κ2) is 8.41. The van der Waals surface area contributed by atoms with E-state index >= 15 is 0 Å². The molecule has 21 heavy (non-hydrogen) atoms. The fraction of sp³-hybridized carbons (Fsp3) is 0.333. The number of furan rings is 1. The Morgan fingerprint density at radius 2 is 1.95 bits per heavy atom. The molecule has 0 unspecified atom stereocenters. The van der Waals surface area contributed by atoms with Gasteiger partial charge >= 0.3 is 0 Å². The first kappa shape index (κ1) is 16.3. The van der Waals surface area contributed by atoms with Crippen molar-refractivity contribution in [2.45, 2.75) is 6.54 Å². The summed E-state index contributed by atoms with van der Waals surface area (Å²) in [6.07, 6.45) is 0. The summed E-state index contributed by atoms with van der Waals surface area (Å²) in [7, 11) is 0. The number of hydrogen-bond donors (Lipinski definition) is 2. The van der Waals surface area contributed by atoms with Crippen LogP contribution in [0.3, 0.4) is 0 Å². The molecule has 0 fully saturated rings. The van der Waals surface area contributed by atoms with Gasteiger partial charge in [0.15, 0.2) is 0 Å². The van der Waals surface area contributed by atoms with Gasteiger partial charge in [-0.15, -0.1) is 0 Å². The predicted octanol–water partition coefficient (Wildman–Crippen LogP) is 3.35. The van der Waals surface area contributed by atoms with E-state index in [1.165, 1.54) is 0 Å². The van der Waals surface area contributed by atoms with Crippen LogP contribution in [0.25, 0.3) is 11.3 Å². The zero-order chi connectivity index (χ0) is 15.1. The number of aliphatic hydroxyl groups excluding tert-OH is 1. The topological polar surface area (TPSA) is 54.6 Å². The van der Waals surface area contributed by atoms with Gasteiger partial charge in [0, 0.05) is 12.1 Å². The third kappa shape index (κ3) is 5.02. The van der Waals surface area contributed by atoms with E-state index in [0.29, 0.717) is 36.3 Å². The van der Waals surface area contributed by atoms with Crippen LogP contribution in [0.2, 0.25) is 10.0 Å². The van der Waals surface area contributed by atoms with E-state index in [-0.39, 0.29) is 6.61 Å². The Kier molecular flexibility index (Phi) is 6.54. The molecule has 0 aliphatic rings. The second-order valence-electron chi connectivity index (χ2n) is 4.41. The molecule has 1 aromatic carbocycles. The minimum atomic E-state index is 0.0468. The first-order chi connectivity index (χ1) is 10.2. The molecule has 0 radical (unpaired) electrons. The molecule has 0 aliphatic carbocycles. The molecule has 2 aromatic rings. The summed E-state index contributed by atoms with van der Waals surface area (Å²) in [5.74, 6) is 1.58. The maximum atomic E-state index is 8.57. The van der Waals surface area contributed by atoms with Crippen LogP contribution in [0.5, 0.6) is 0 Å². The minimum Gasteiger partial charge on any atom is -0.460 e. The van der Waals surface area contributed by atoms with E-state index in [4.69, 9.17) is 37.5 Å². The maximum absolute atomic E-state index is 8.57. The molecule has 6 heteroatoms. The van der Waals surface area contributed by atoms with E-state index in [0.717, 1.165) is 17.1 Å². The number of nitrogens with one attached hydrogen (secondary N) is 1. The lowest BCUT2D eigenvalue weighted by Crippen LogP contribution is -2.19. The van der Waals surface area contributed by atoms with Crippen molar-refractivity contribution in [3.63, 3.8) is 0 Å². The average Bonchev–Trinajstić information content (AvgIpc) is 2.94. The molecule has 1 heterocycles. The average molecular weight is 330 g/mol. The first-order valence-corrected chi connectivity index (χ1v) is 7.40. The molecule has 2 rings (SSSR count). The lowest BCUT2D eigenvalue weighted by molar-refractivity contribution is 0.0936. The van der Waals surface area contributed by atoms with Crippen molar-refractivity contribution < 1.29 is 14.3 Å². The molecule has 0 saturated carbocycles. The van der Waals surface area contributed by atoms with E-state index in [1.54, 1.807) is 12.1 Å². The second-order valence-corrected chi connectivity index (χ2v) is 5.22. The summed E-state index contributed by atoms with van der Waals surface area (Å²) in [4.78, 5) is 0. The minimum absolute atomic E-state index is 0.0468. The number of rotatable bonds is 8. The van der Waals surface area contributed by atoms with Gasteiger partial charge in [0.1, 0.15) is 11.5 Å². The Bertz CT molecular complexity index is 572. The Morgan fingerprint density at radius 1 is 1.10 bits per heavy atom. The number of halogens is 2. The Balaban J connectivity index is 1.85. The fourth-order valence-electron chi connectivity index (χ4n) is 1.80. The van der Waals surface area contributed by atoms with Crippen LogP contribution < -0.4 is 5.32 Å². The lowest BCUT2D eigenvalue weighted by Gasteiger charge is -2.03. The summed E-state index contributed by atoms with van der Waals surface area (Å²) in [5.41, 5.74) is 0.891. The van der Waals surface area contributed by atoms with Crippen molar-refractivity contribution in [3.8, 4) is 11.3 Å². The summed E-state index contributed by atoms with van der Waals surface area (Å²) in [6.45, 7) is 2.28.